The second-order valence-corrected chi connectivity index (χ2v) is 9.45. The Kier molecular flexibility index (Phi) is 5.29. The van der Waals surface area contributed by atoms with Crippen LogP contribution in [0.25, 0.3) is 0 Å². The highest BCUT2D eigenvalue weighted by Gasteiger charge is 2.30. The van der Waals surface area contributed by atoms with Crippen molar-refractivity contribution in [3.8, 4) is 0 Å². The minimum Gasteiger partial charge on any atom is -0.341 e. The van der Waals surface area contributed by atoms with Gasteiger partial charge in [0.1, 0.15) is 4.21 Å². The monoisotopic (exact) mass is 344 g/mol. The first kappa shape index (κ1) is 17.4. The molecule has 7 heteroatoms. The first-order chi connectivity index (χ1) is 10.2. The number of nitrogens with zero attached hydrogens (tertiary/aromatic N) is 2. The molecule has 1 amide bonds. The minimum absolute atomic E-state index is 0.0506. The van der Waals surface area contributed by atoms with E-state index in [1.807, 2.05) is 33.8 Å². The standard InChI is InChI=1S/C15H24N2O3S2/c1-11(2)14(18)16-6-5-7-17(9-8-16)22(19,20)15-12(3)10-13(4)21-15/h10-11H,5-9H2,1-4H3. The van der Waals surface area contributed by atoms with Crippen LogP contribution < -0.4 is 0 Å². The van der Waals surface area contributed by atoms with Gasteiger partial charge in [0.05, 0.1) is 0 Å². The van der Waals surface area contributed by atoms with Crippen molar-refractivity contribution in [1.29, 1.82) is 0 Å². The molecule has 5 nitrogen and oxygen atoms in total. The van der Waals surface area contributed by atoms with E-state index in [-0.39, 0.29) is 11.8 Å². The van der Waals surface area contributed by atoms with Crippen molar-refractivity contribution in [2.45, 2.75) is 38.3 Å². The van der Waals surface area contributed by atoms with E-state index in [1.165, 1.54) is 15.6 Å². The largest absolute Gasteiger partial charge is 0.341 e. The normalized spacial score (nSPS) is 17.8. The van der Waals surface area contributed by atoms with Gasteiger partial charge in [-0.25, -0.2) is 8.42 Å². The summed E-state index contributed by atoms with van der Waals surface area (Å²) in [5.41, 5.74) is 0.807. The third-order valence-electron chi connectivity index (χ3n) is 3.83. The van der Waals surface area contributed by atoms with Gasteiger partial charge in [-0.05, 0) is 31.9 Å². The summed E-state index contributed by atoms with van der Waals surface area (Å²) in [6, 6.07) is 1.91. The summed E-state index contributed by atoms with van der Waals surface area (Å²) >= 11 is 1.32. The smallest absolute Gasteiger partial charge is 0.252 e. The molecule has 0 bridgehead atoms. The molecule has 0 N–H and O–H groups in total. The van der Waals surface area contributed by atoms with Crippen molar-refractivity contribution in [2.75, 3.05) is 26.2 Å². The van der Waals surface area contributed by atoms with E-state index in [0.717, 1.165) is 10.4 Å². The Morgan fingerprint density at radius 1 is 1.18 bits per heavy atom. The summed E-state index contributed by atoms with van der Waals surface area (Å²) in [5, 5.41) is 0. The van der Waals surface area contributed by atoms with Crippen molar-refractivity contribution in [3.05, 3.63) is 16.5 Å². The predicted molar refractivity (Wildman–Crippen MR) is 88.6 cm³/mol. The van der Waals surface area contributed by atoms with E-state index in [9.17, 15) is 13.2 Å². The first-order valence-corrected chi connectivity index (χ1v) is 9.85. The molecule has 1 fully saturated rings. The summed E-state index contributed by atoms with van der Waals surface area (Å²) in [5.74, 6) is 0.0488. The molecule has 0 radical (unpaired) electrons. The van der Waals surface area contributed by atoms with Crippen LogP contribution >= 0.6 is 11.3 Å². The van der Waals surface area contributed by atoms with Gasteiger partial charge >= 0.3 is 0 Å². The molecule has 124 valence electrons. The van der Waals surface area contributed by atoms with E-state index in [0.29, 0.717) is 36.8 Å². The molecule has 0 aliphatic carbocycles. The van der Waals surface area contributed by atoms with Crippen LogP contribution in [-0.2, 0) is 14.8 Å². The third-order valence-corrected chi connectivity index (χ3v) is 7.49. The molecule has 0 unspecified atom stereocenters. The van der Waals surface area contributed by atoms with Crippen LogP contribution in [0.5, 0.6) is 0 Å². The molecule has 0 spiro atoms. The van der Waals surface area contributed by atoms with Crippen LogP contribution in [0.15, 0.2) is 10.3 Å². The lowest BCUT2D eigenvalue weighted by Crippen LogP contribution is -2.38. The van der Waals surface area contributed by atoms with Crippen molar-refractivity contribution in [3.63, 3.8) is 0 Å². The van der Waals surface area contributed by atoms with Crippen molar-refractivity contribution >= 4 is 27.3 Å². The Hall–Kier alpha value is -0.920. The number of aryl methyl sites for hydroxylation is 2. The molecule has 2 rings (SSSR count). The van der Waals surface area contributed by atoms with Gasteiger partial charge < -0.3 is 4.90 Å². The van der Waals surface area contributed by atoms with Crippen LogP contribution in [0.3, 0.4) is 0 Å². The average molecular weight is 345 g/mol. The summed E-state index contributed by atoms with van der Waals surface area (Å²) < 4.78 is 27.6. The molecule has 2 heterocycles. The summed E-state index contributed by atoms with van der Waals surface area (Å²) in [4.78, 5) is 14.9. The zero-order chi connectivity index (χ0) is 16.5. The lowest BCUT2D eigenvalue weighted by atomic mass is 10.2. The number of hydrogen-bond donors (Lipinski definition) is 0. The van der Waals surface area contributed by atoms with Crippen LogP contribution in [0.2, 0.25) is 0 Å². The quantitative estimate of drug-likeness (QED) is 0.845. The maximum Gasteiger partial charge on any atom is 0.252 e. The third kappa shape index (κ3) is 3.52. The molecule has 1 saturated heterocycles. The fraction of sp³-hybridized carbons (Fsp3) is 0.667. The first-order valence-electron chi connectivity index (χ1n) is 7.59. The highest BCUT2D eigenvalue weighted by atomic mass is 32.2. The van der Waals surface area contributed by atoms with E-state index in [4.69, 9.17) is 0 Å². The fourth-order valence-corrected chi connectivity index (χ4v) is 5.98. The van der Waals surface area contributed by atoms with Gasteiger partial charge in [0.15, 0.2) is 0 Å². The van der Waals surface area contributed by atoms with Crippen LogP contribution in [0.4, 0.5) is 0 Å². The fourth-order valence-electron chi connectivity index (χ4n) is 2.71. The van der Waals surface area contributed by atoms with E-state index in [2.05, 4.69) is 0 Å². The van der Waals surface area contributed by atoms with Crippen molar-refractivity contribution in [2.24, 2.45) is 5.92 Å². The van der Waals surface area contributed by atoms with Gasteiger partial charge in [-0.1, -0.05) is 13.8 Å². The highest BCUT2D eigenvalue weighted by molar-refractivity contribution is 7.91. The average Bonchev–Trinajstić information content (AvgIpc) is 2.66. The number of carbonyl (C=O) groups is 1. The van der Waals surface area contributed by atoms with Crippen molar-refractivity contribution < 1.29 is 13.2 Å². The molecule has 1 aliphatic heterocycles. The maximum atomic E-state index is 12.8. The zero-order valence-corrected chi connectivity index (χ0v) is 15.3. The van der Waals surface area contributed by atoms with Gasteiger partial charge in [0.2, 0.25) is 5.91 Å². The molecule has 0 aromatic carbocycles. The predicted octanol–water partition coefficient (Wildman–Crippen LogP) is 2.24. The number of hydrogen-bond acceptors (Lipinski definition) is 4. The lowest BCUT2D eigenvalue weighted by Gasteiger charge is -2.23. The second-order valence-electron chi connectivity index (χ2n) is 6.07. The number of sulfonamides is 1. The molecular formula is C15H24N2O3S2. The van der Waals surface area contributed by atoms with Crippen molar-refractivity contribution in [1.82, 2.24) is 9.21 Å². The topological polar surface area (TPSA) is 57.7 Å². The van der Waals surface area contributed by atoms with Crippen LogP contribution in [-0.4, -0.2) is 49.7 Å². The molecule has 22 heavy (non-hydrogen) atoms. The zero-order valence-electron chi connectivity index (χ0n) is 13.6. The number of thiophene rings is 1. The highest BCUT2D eigenvalue weighted by Crippen LogP contribution is 2.29. The summed E-state index contributed by atoms with van der Waals surface area (Å²) in [7, 11) is -3.45. The molecule has 0 saturated carbocycles. The number of amides is 1. The Bertz CT molecular complexity index is 650. The molecule has 1 aromatic rings. The number of carbonyl (C=O) groups excluding carboxylic acids is 1. The van der Waals surface area contributed by atoms with Crippen LogP contribution in [0, 0.1) is 19.8 Å². The lowest BCUT2D eigenvalue weighted by molar-refractivity contribution is -0.134. The van der Waals surface area contributed by atoms with Gasteiger partial charge in [0, 0.05) is 37.0 Å². The molecule has 1 aliphatic rings. The Morgan fingerprint density at radius 2 is 1.86 bits per heavy atom. The SMILES string of the molecule is Cc1cc(C)c(S(=O)(=O)N2CCCN(C(=O)C(C)C)CC2)s1. The van der Waals surface area contributed by atoms with E-state index >= 15 is 0 Å². The molecule has 1 aromatic heterocycles. The Balaban J connectivity index is 2.17. The summed E-state index contributed by atoms with van der Waals surface area (Å²) in [6.45, 7) is 9.45. The van der Waals surface area contributed by atoms with Gasteiger partial charge in [-0.2, -0.15) is 4.31 Å². The van der Waals surface area contributed by atoms with Gasteiger partial charge in [-0.3, -0.25) is 4.79 Å². The van der Waals surface area contributed by atoms with E-state index < -0.39 is 10.0 Å². The Labute approximate surface area is 137 Å². The van der Waals surface area contributed by atoms with Gasteiger partial charge in [-0.15, -0.1) is 11.3 Å². The minimum atomic E-state index is -3.45. The number of rotatable bonds is 3. The summed E-state index contributed by atoms with van der Waals surface area (Å²) in [6.07, 6.45) is 0.682. The van der Waals surface area contributed by atoms with E-state index in [1.54, 1.807) is 4.90 Å². The second kappa shape index (κ2) is 6.68. The van der Waals surface area contributed by atoms with Gasteiger partial charge in [0.25, 0.3) is 10.0 Å². The molecule has 0 atom stereocenters. The van der Waals surface area contributed by atoms with Crippen LogP contribution in [0.1, 0.15) is 30.7 Å². The Morgan fingerprint density at radius 3 is 2.41 bits per heavy atom. The maximum absolute atomic E-state index is 12.8. The molecular weight excluding hydrogens is 320 g/mol.